The van der Waals surface area contributed by atoms with Crippen molar-refractivity contribution in [3.8, 4) is 0 Å². The summed E-state index contributed by atoms with van der Waals surface area (Å²) < 4.78 is 1.56. The van der Waals surface area contributed by atoms with Crippen LogP contribution in [0.25, 0.3) is 0 Å². The Kier molecular flexibility index (Phi) is 4.03. The van der Waals surface area contributed by atoms with Gasteiger partial charge in [-0.1, -0.05) is 19.8 Å². The van der Waals surface area contributed by atoms with Crippen molar-refractivity contribution in [3.63, 3.8) is 0 Å². The van der Waals surface area contributed by atoms with Crippen LogP contribution in [0.5, 0.6) is 0 Å². The molecule has 1 heterocycles. The summed E-state index contributed by atoms with van der Waals surface area (Å²) >= 11 is 0. The van der Waals surface area contributed by atoms with E-state index in [1.807, 2.05) is 0 Å². The van der Waals surface area contributed by atoms with Gasteiger partial charge in [-0.25, -0.2) is 4.68 Å². The van der Waals surface area contributed by atoms with Gasteiger partial charge in [0.2, 0.25) is 0 Å². The summed E-state index contributed by atoms with van der Waals surface area (Å²) in [5.74, 6) is -0.481. The van der Waals surface area contributed by atoms with Crippen molar-refractivity contribution in [3.05, 3.63) is 5.82 Å². The Bertz CT molecular complexity index is 297. The van der Waals surface area contributed by atoms with Crippen molar-refractivity contribution in [2.45, 2.75) is 39.2 Å². The van der Waals surface area contributed by atoms with Gasteiger partial charge in [0.1, 0.15) is 6.42 Å². The normalized spacial score (nSPS) is 10.4. The number of tetrazole rings is 1. The van der Waals surface area contributed by atoms with Crippen molar-refractivity contribution in [1.29, 1.82) is 0 Å². The van der Waals surface area contributed by atoms with Crippen LogP contribution in [0, 0.1) is 0 Å². The first-order chi connectivity index (χ1) is 6.74. The molecule has 0 aliphatic rings. The molecule has 0 spiro atoms. The van der Waals surface area contributed by atoms with Gasteiger partial charge in [-0.15, -0.1) is 5.10 Å². The second-order valence-electron chi connectivity index (χ2n) is 3.10. The number of hydrogen-bond acceptors (Lipinski definition) is 4. The average Bonchev–Trinajstić information content (AvgIpc) is 2.52. The predicted octanol–water partition coefficient (Wildman–Crippen LogP) is 0.490. The zero-order chi connectivity index (χ0) is 10.4. The van der Waals surface area contributed by atoms with Crippen LogP contribution < -0.4 is 0 Å². The third-order valence-electron chi connectivity index (χ3n) is 1.89. The summed E-state index contributed by atoms with van der Waals surface area (Å²) in [6.45, 7) is 2.81. The molecule has 6 heteroatoms. The smallest absolute Gasteiger partial charge is 0.311 e. The van der Waals surface area contributed by atoms with Gasteiger partial charge >= 0.3 is 5.97 Å². The Morgan fingerprint density at radius 3 is 2.93 bits per heavy atom. The number of rotatable bonds is 6. The molecule has 0 radical (unpaired) electrons. The maximum absolute atomic E-state index is 10.4. The summed E-state index contributed by atoms with van der Waals surface area (Å²) in [7, 11) is 0. The number of carboxylic acid groups (broad SMARTS) is 1. The molecular weight excluding hydrogens is 184 g/mol. The lowest BCUT2D eigenvalue weighted by Crippen LogP contribution is -2.10. The van der Waals surface area contributed by atoms with Crippen LogP contribution in [0.2, 0.25) is 0 Å². The molecule has 0 saturated carbocycles. The summed E-state index contributed by atoms with van der Waals surface area (Å²) in [4.78, 5) is 10.4. The molecule has 0 bridgehead atoms. The average molecular weight is 198 g/mol. The molecule has 1 aromatic heterocycles. The molecule has 6 nitrogen and oxygen atoms in total. The third kappa shape index (κ3) is 3.12. The quantitative estimate of drug-likeness (QED) is 0.673. The minimum atomic E-state index is -0.906. The van der Waals surface area contributed by atoms with E-state index >= 15 is 0 Å². The second kappa shape index (κ2) is 5.31. The minimum absolute atomic E-state index is 0.112. The molecule has 0 aliphatic heterocycles. The highest BCUT2D eigenvalue weighted by Crippen LogP contribution is 2.00. The lowest BCUT2D eigenvalue weighted by Gasteiger charge is -2.01. The van der Waals surface area contributed by atoms with Gasteiger partial charge in [-0.2, -0.15) is 0 Å². The van der Waals surface area contributed by atoms with Gasteiger partial charge in [0, 0.05) is 6.54 Å². The minimum Gasteiger partial charge on any atom is -0.481 e. The molecule has 1 aromatic rings. The molecule has 1 rings (SSSR count). The Morgan fingerprint density at radius 2 is 2.29 bits per heavy atom. The van der Waals surface area contributed by atoms with E-state index in [4.69, 9.17) is 5.11 Å². The van der Waals surface area contributed by atoms with Crippen molar-refractivity contribution >= 4 is 5.97 Å². The lowest BCUT2D eigenvalue weighted by molar-refractivity contribution is -0.136. The monoisotopic (exact) mass is 198 g/mol. The highest BCUT2D eigenvalue weighted by atomic mass is 16.4. The van der Waals surface area contributed by atoms with Crippen molar-refractivity contribution in [2.24, 2.45) is 0 Å². The van der Waals surface area contributed by atoms with Crippen molar-refractivity contribution in [2.75, 3.05) is 0 Å². The molecule has 0 amide bonds. The van der Waals surface area contributed by atoms with E-state index in [9.17, 15) is 4.79 Å². The van der Waals surface area contributed by atoms with Gasteiger partial charge in [0.15, 0.2) is 5.82 Å². The summed E-state index contributed by atoms with van der Waals surface area (Å²) in [6, 6.07) is 0. The van der Waals surface area contributed by atoms with Crippen LogP contribution in [0.1, 0.15) is 32.0 Å². The standard InChI is InChI=1S/C8H14N4O2/c1-2-3-4-5-12-7(6-8(13)14)9-10-11-12/h2-6H2,1H3,(H,13,14). The molecule has 0 fully saturated rings. The van der Waals surface area contributed by atoms with Gasteiger partial charge in [0.05, 0.1) is 0 Å². The fourth-order valence-electron chi connectivity index (χ4n) is 1.17. The summed E-state index contributed by atoms with van der Waals surface area (Å²) in [5, 5.41) is 19.4. The number of aryl methyl sites for hydroxylation is 1. The van der Waals surface area contributed by atoms with Gasteiger partial charge in [0.25, 0.3) is 0 Å². The fraction of sp³-hybridized carbons (Fsp3) is 0.750. The van der Waals surface area contributed by atoms with E-state index in [1.165, 1.54) is 0 Å². The van der Waals surface area contributed by atoms with Crippen LogP contribution in [-0.4, -0.2) is 31.3 Å². The van der Waals surface area contributed by atoms with E-state index in [-0.39, 0.29) is 6.42 Å². The number of aromatic nitrogens is 4. The van der Waals surface area contributed by atoms with E-state index in [2.05, 4.69) is 22.4 Å². The number of carboxylic acids is 1. The zero-order valence-electron chi connectivity index (χ0n) is 8.18. The molecule has 14 heavy (non-hydrogen) atoms. The van der Waals surface area contributed by atoms with Crippen LogP contribution in [0.15, 0.2) is 0 Å². The van der Waals surface area contributed by atoms with Crippen LogP contribution in [0.4, 0.5) is 0 Å². The zero-order valence-corrected chi connectivity index (χ0v) is 8.18. The first kappa shape index (κ1) is 10.6. The van der Waals surface area contributed by atoms with Crippen LogP contribution >= 0.6 is 0 Å². The third-order valence-corrected chi connectivity index (χ3v) is 1.89. The fourth-order valence-corrected chi connectivity index (χ4v) is 1.17. The molecule has 0 aromatic carbocycles. The number of unbranched alkanes of at least 4 members (excludes halogenated alkanes) is 2. The number of hydrogen-bond donors (Lipinski definition) is 1. The number of carbonyl (C=O) groups is 1. The molecule has 0 saturated heterocycles. The Balaban J connectivity index is 2.49. The SMILES string of the molecule is CCCCCn1nnnc1CC(=O)O. The Hall–Kier alpha value is -1.46. The summed E-state index contributed by atoms with van der Waals surface area (Å²) in [5.41, 5.74) is 0. The molecule has 78 valence electrons. The largest absolute Gasteiger partial charge is 0.481 e. The first-order valence-electron chi connectivity index (χ1n) is 4.71. The first-order valence-corrected chi connectivity index (χ1v) is 4.71. The number of aliphatic carboxylic acids is 1. The highest BCUT2D eigenvalue weighted by Gasteiger charge is 2.09. The molecular formula is C8H14N4O2. The van der Waals surface area contributed by atoms with Crippen molar-refractivity contribution < 1.29 is 9.90 Å². The molecule has 0 unspecified atom stereocenters. The Labute approximate surface area is 81.9 Å². The van der Waals surface area contributed by atoms with Gasteiger partial charge in [-0.05, 0) is 16.8 Å². The molecule has 0 atom stereocenters. The number of nitrogens with zero attached hydrogens (tertiary/aromatic N) is 4. The van der Waals surface area contributed by atoms with Gasteiger partial charge < -0.3 is 5.11 Å². The van der Waals surface area contributed by atoms with E-state index < -0.39 is 5.97 Å². The van der Waals surface area contributed by atoms with E-state index in [1.54, 1.807) is 4.68 Å². The highest BCUT2D eigenvalue weighted by molar-refractivity contribution is 5.68. The van der Waals surface area contributed by atoms with E-state index in [0.717, 1.165) is 19.3 Å². The maximum atomic E-state index is 10.4. The maximum Gasteiger partial charge on any atom is 0.311 e. The lowest BCUT2D eigenvalue weighted by atomic mass is 10.2. The van der Waals surface area contributed by atoms with Crippen LogP contribution in [-0.2, 0) is 17.8 Å². The van der Waals surface area contributed by atoms with Crippen molar-refractivity contribution in [1.82, 2.24) is 20.2 Å². The summed E-state index contributed by atoms with van der Waals surface area (Å²) in [6.07, 6.45) is 3.09. The Morgan fingerprint density at radius 1 is 1.50 bits per heavy atom. The molecule has 1 N–H and O–H groups in total. The van der Waals surface area contributed by atoms with Gasteiger partial charge in [-0.3, -0.25) is 4.79 Å². The topological polar surface area (TPSA) is 80.9 Å². The van der Waals surface area contributed by atoms with E-state index in [0.29, 0.717) is 12.4 Å². The molecule has 0 aliphatic carbocycles. The second-order valence-corrected chi connectivity index (χ2v) is 3.10. The predicted molar refractivity (Wildman–Crippen MR) is 48.7 cm³/mol. The van der Waals surface area contributed by atoms with Crippen LogP contribution in [0.3, 0.4) is 0 Å².